The topological polar surface area (TPSA) is 60.2 Å². The van der Waals surface area contributed by atoms with Crippen LogP contribution in [0.15, 0.2) is 29.2 Å². The number of benzene rings is 1. The summed E-state index contributed by atoms with van der Waals surface area (Å²) in [5.41, 5.74) is 6.51. The molecule has 0 saturated heterocycles. The Labute approximate surface area is 91.2 Å². The number of hydrogen-bond donors (Lipinski definition) is 1. The summed E-state index contributed by atoms with van der Waals surface area (Å²) < 4.78 is 22.9. The minimum Gasteiger partial charge on any atom is -0.328 e. The first kappa shape index (κ1) is 12.2. The number of aryl methyl sites for hydroxylation is 1. The van der Waals surface area contributed by atoms with Crippen molar-refractivity contribution < 1.29 is 8.42 Å². The van der Waals surface area contributed by atoms with Crippen LogP contribution in [0.5, 0.6) is 0 Å². The van der Waals surface area contributed by atoms with Gasteiger partial charge < -0.3 is 5.73 Å². The highest BCUT2D eigenvalue weighted by atomic mass is 32.2. The number of sulfone groups is 1. The Kier molecular flexibility index (Phi) is 3.88. The molecular formula is C11H17NO2S. The monoisotopic (exact) mass is 227 g/mol. The molecule has 0 fully saturated rings. The largest absolute Gasteiger partial charge is 0.328 e. The molecule has 0 aliphatic heterocycles. The van der Waals surface area contributed by atoms with Gasteiger partial charge in [-0.05, 0) is 31.4 Å². The van der Waals surface area contributed by atoms with Crippen molar-refractivity contribution >= 4 is 9.84 Å². The van der Waals surface area contributed by atoms with Gasteiger partial charge in [-0.25, -0.2) is 8.42 Å². The van der Waals surface area contributed by atoms with Crippen LogP contribution in [0.1, 0.15) is 18.9 Å². The van der Waals surface area contributed by atoms with E-state index in [-0.39, 0.29) is 6.04 Å². The first-order chi connectivity index (χ1) is 6.91. The van der Waals surface area contributed by atoms with Crippen LogP contribution in [-0.4, -0.2) is 20.7 Å². The average Bonchev–Trinajstić information content (AvgIpc) is 2.13. The van der Waals surface area contributed by atoms with Crippen molar-refractivity contribution in [3.8, 4) is 0 Å². The van der Waals surface area contributed by atoms with E-state index >= 15 is 0 Å². The molecule has 0 saturated carbocycles. The minimum atomic E-state index is -3.12. The minimum absolute atomic E-state index is 0.0950. The molecule has 2 N–H and O–H groups in total. The molecule has 0 amide bonds. The highest BCUT2D eigenvalue weighted by molar-refractivity contribution is 7.90. The molecule has 1 rings (SSSR count). The first-order valence-electron chi connectivity index (χ1n) is 4.95. The van der Waals surface area contributed by atoms with Crippen LogP contribution in [0.2, 0.25) is 0 Å². The van der Waals surface area contributed by atoms with Crippen LogP contribution in [-0.2, 0) is 16.3 Å². The van der Waals surface area contributed by atoms with Gasteiger partial charge in [-0.1, -0.05) is 18.2 Å². The van der Waals surface area contributed by atoms with Crippen LogP contribution in [0.3, 0.4) is 0 Å². The fourth-order valence-electron chi connectivity index (χ4n) is 1.46. The Hall–Kier alpha value is -0.870. The summed E-state index contributed by atoms with van der Waals surface area (Å²) in [5, 5.41) is 0. The van der Waals surface area contributed by atoms with Gasteiger partial charge in [0.2, 0.25) is 0 Å². The maximum atomic E-state index is 11.5. The predicted molar refractivity (Wildman–Crippen MR) is 61.5 cm³/mol. The third-order valence-corrected chi connectivity index (χ3v) is 3.44. The van der Waals surface area contributed by atoms with Gasteiger partial charge in [0.05, 0.1) is 4.90 Å². The lowest BCUT2D eigenvalue weighted by molar-refractivity contribution is 0.598. The highest BCUT2D eigenvalue weighted by Crippen LogP contribution is 2.17. The summed E-state index contributed by atoms with van der Waals surface area (Å²) in [4.78, 5) is 0.422. The normalized spacial score (nSPS) is 13.8. The van der Waals surface area contributed by atoms with Crippen molar-refractivity contribution in [2.24, 2.45) is 5.73 Å². The van der Waals surface area contributed by atoms with Gasteiger partial charge in [0.25, 0.3) is 0 Å². The third-order valence-electron chi connectivity index (χ3n) is 2.24. The van der Waals surface area contributed by atoms with E-state index in [9.17, 15) is 8.42 Å². The van der Waals surface area contributed by atoms with Gasteiger partial charge in [0.15, 0.2) is 9.84 Å². The zero-order valence-corrected chi connectivity index (χ0v) is 9.92. The molecule has 0 aliphatic rings. The number of nitrogens with two attached hydrogens (primary N) is 1. The van der Waals surface area contributed by atoms with Crippen molar-refractivity contribution in [2.75, 3.05) is 6.26 Å². The highest BCUT2D eigenvalue weighted by Gasteiger charge is 2.12. The lowest BCUT2D eigenvalue weighted by Crippen LogP contribution is -2.16. The van der Waals surface area contributed by atoms with Crippen molar-refractivity contribution in [3.05, 3.63) is 29.8 Å². The maximum absolute atomic E-state index is 11.5. The first-order valence-corrected chi connectivity index (χ1v) is 6.84. The second-order valence-electron chi connectivity index (χ2n) is 3.90. The van der Waals surface area contributed by atoms with E-state index in [0.29, 0.717) is 11.3 Å². The quantitative estimate of drug-likeness (QED) is 0.845. The standard InChI is InChI=1S/C11H17NO2S/c1-9(12)7-8-10-5-3-4-6-11(10)15(2,13)14/h3-6,9H,7-8,12H2,1-2H3. The fourth-order valence-corrected chi connectivity index (χ4v) is 2.43. The molecule has 1 aromatic rings. The smallest absolute Gasteiger partial charge is 0.175 e. The van der Waals surface area contributed by atoms with Gasteiger partial charge in [0.1, 0.15) is 0 Å². The fraction of sp³-hybridized carbons (Fsp3) is 0.455. The van der Waals surface area contributed by atoms with E-state index < -0.39 is 9.84 Å². The Morgan fingerprint density at radius 1 is 1.33 bits per heavy atom. The second-order valence-corrected chi connectivity index (χ2v) is 5.88. The molecule has 0 bridgehead atoms. The number of hydrogen-bond acceptors (Lipinski definition) is 3. The predicted octanol–water partition coefficient (Wildman–Crippen LogP) is 1.37. The molecule has 0 spiro atoms. The van der Waals surface area contributed by atoms with Crippen LogP contribution < -0.4 is 5.73 Å². The van der Waals surface area contributed by atoms with E-state index in [4.69, 9.17) is 5.73 Å². The summed E-state index contributed by atoms with van der Waals surface area (Å²) in [6, 6.07) is 7.18. The van der Waals surface area contributed by atoms with E-state index in [2.05, 4.69) is 0 Å². The summed E-state index contributed by atoms with van der Waals surface area (Å²) in [7, 11) is -3.12. The van der Waals surface area contributed by atoms with Gasteiger partial charge in [-0.15, -0.1) is 0 Å². The zero-order chi connectivity index (χ0) is 11.5. The Morgan fingerprint density at radius 3 is 2.47 bits per heavy atom. The number of rotatable bonds is 4. The Bertz CT molecular complexity index is 424. The van der Waals surface area contributed by atoms with E-state index in [1.54, 1.807) is 12.1 Å². The molecule has 1 atom stereocenters. The lowest BCUT2D eigenvalue weighted by atomic mass is 10.1. The van der Waals surface area contributed by atoms with Gasteiger partial charge in [0, 0.05) is 12.3 Å². The molecule has 0 radical (unpaired) electrons. The molecule has 0 aromatic heterocycles. The molecule has 0 heterocycles. The molecule has 84 valence electrons. The Balaban J connectivity index is 2.98. The summed E-state index contributed by atoms with van der Waals surface area (Å²) in [5.74, 6) is 0. The van der Waals surface area contributed by atoms with Crippen LogP contribution in [0, 0.1) is 0 Å². The maximum Gasteiger partial charge on any atom is 0.175 e. The van der Waals surface area contributed by atoms with Crippen molar-refractivity contribution in [2.45, 2.75) is 30.7 Å². The van der Waals surface area contributed by atoms with E-state index in [1.165, 1.54) is 6.26 Å². The van der Waals surface area contributed by atoms with E-state index in [0.717, 1.165) is 12.0 Å². The summed E-state index contributed by atoms with van der Waals surface area (Å²) in [6.45, 7) is 1.92. The van der Waals surface area contributed by atoms with Crippen molar-refractivity contribution in [1.82, 2.24) is 0 Å². The van der Waals surface area contributed by atoms with Crippen molar-refractivity contribution in [1.29, 1.82) is 0 Å². The molecule has 4 heteroatoms. The van der Waals surface area contributed by atoms with Crippen LogP contribution >= 0.6 is 0 Å². The lowest BCUT2D eigenvalue weighted by Gasteiger charge is -2.09. The second kappa shape index (κ2) is 4.77. The van der Waals surface area contributed by atoms with Gasteiger partial charge in [-0.2, -0.15) is 0 Å². The average molecular weight is 227 g/mol. The molecule has 15 heavy (non-hydrogen) atoms. The van der Waals surface area contributed by atoms with Crippen molar-refractivity contribution in [3.63, 3.8) is 0 Å². The summed E-state index contributed by atoms with van der Waals surface area (Å²) >= 11 is 0. The molecular weight excluding hydrogens is 210 g/mol. The van der Waals surface area contributed by atoms with Crippen LogP contribution in [0.4, 0.5) is 0 Å². The van der Waals surface area contributed by atoms with Crippen LogP contribution in [0.25, 0.3) is 0 Å². The van der Waals surface area contributed by atoms with E-state index in [1.807, 2.05) is 19.1 Å². The van der Waals surface area contributed by atoms with Gasteiger partial charge >= 0.3 is 0 Å². The zero-order valence-electron chi connectivity index (χ0n) is 9.10. The van der Waals surface area contributed by atoms with Gasteiger partial charge in [-0.3, -0.25) is 0 Å². The molecule has 1 aromatic carbocycles. The molecule has 3 nitrogen and oxygen atoms in total. The SMILES string of the molecule is CC(N)CCc1ccccc1S(C)(=O)=O. The summed E-state index contributed by atoms with van der Waals surface area (Å²) in [6.07, 6.45) is 2.74. The molecule has 1 unspecified atom stereocenters. The third kappa shape index (κ3) is 3.64. The Morgan fingerprint density at radius 2 is 1.93 bits per heavy atom. The molecule has 0 aliphatic carbocycles.